The van der Waals surface area contributed by atoms with E-state index in [9.17, 15) is 22.4 Å². The number of rotatable bonds is 7. The zero-order valence-electron chi connectivity index (χ0n) is 16.4. The van der Waals surface area contributed by atoms with Crippen molar-refractivity contribution < 1.29 is 27.3 Å². The second-order valence-electron chi connectivity index (χ2n) is 6.08. The molecule has 0 spiro atoms. The molecule has 0 atom stereocenters. The number of anilines is 3. The SMILES string of the molecule is CF.CN(ONc1c(F)cc(F)c(F)c1C=O)c1ccc(NC2=CC=CCC2)cc1. The topological polar surface area (TPSA) is 53.6 Å². The van der Waals surface area contributed by atoms with Gasteiger partial charge < -0.3 is 5.32 Å². The Morgan fingerprint density at radius 3 is 2.40 bits per heavy atom. The number of carbonyl (C=O) groups is 1. The smallest absolute Gasteiger partial charge is 0.171 e. The van der Waals surface area contributed by atoms with Gasteiger partial charge in [0.1, 0.15) is 5.69 Å². The molecule has 0 saturated carbocycles. The first-order valence-electron chi connectivity index (χ1n) is 8.89. The zero-order valence-corrected chi connectivity index (χ0v) is 16.4. The van der Waals surface area contributed by atoms with Crippen LogP contribution in [0.4, 0.5) is 34.6 Å². The van der Waals surface area contributed by atoms with Gasteiger partial charge >= 0.3 is 0 Å². The third-order valence-corrected chi connectivity index (χ3v) is 4.16. The lowest BCUT2D eigenvalue weighted by molar-refractivity contribution is 0.111. The molecular weight excluding hydrogens is 402 g/mol. The summed E-state index contributed by atoms with van der Waals surface area (Å²) < 4.78 is 50.2. The average Bonchev–Trinajstić information content (AvgIpc) is 2.77. The van der Waals surface area contributed by atoms with Crippen molar-refractivity contribution in [3.63, 3.8) is 0 Å². The number of hydrogen-bond donors (Lipinski definition) is 2. The summed E-state index contributed by atoms with van der Waals surface area (Å²) in [6.45, 7) is 0. The molecule has 1 aliphatic carbocycles. The van der Waals surface area contributed by atoms with E-state index in [0.29, 0.717) is 18.9 Å². The van der Waals surface area contributed by atoms with E-state index in [2.05, 4.69) is 16.9 Å². The number of benzene rings is 2. The molecule has 0 fully saturated rings. The maximum atomic E-state index is 13.9. The minimum atomic E-state index is -1.45. The number of carbonyl (C=O) groups excluding carboxylic acids is 1. The van der Waals surface area contributed by atoms with Crippen LogP contribution in [0.2, 0.25) is 0 Å². The fraction of sp³-hybridized carbons (Fsp3) is 0.190. The Labute approximate surface area is 171 Å². The molecule has 9 heteroatoms. The van der Waals surface area contributed by atoms with Gasteiger partial charge in [-0.1, -0.05) is 12.2 Å². The molecule has 0 aromatic heterocycles. The highest BCUT2D eigenvalue weighted by Crippen LogP contribution is 2.25. The van der Waals surface area contributed by atoms with E-state index in [4.69, 9.17) is 4.94 Å². The average molecular weight is 423 g/mol. The van der Waals surface area contributed by atoms with Gasteiger partial charge in [-0.25, -0.2) is 23.7 Å². The van der Waals surface area contributed by atoms with Gasteiger partial charge in [-0.15, -0.1) is 0 Å². The number of alkyl halides is 1. The van der Waals surface area contributed by atoms with Crippen LogP contribution in [0.5, 0.6) is 0 Å². The van der Waals surface area contributed by atoms with Gasteiger partial charge in [0.25, 0.3) is 0 Å². The Morgan fingerprint density at radius 2 is 1.80 bits per heavy atom. The molecule has 3 rings (SSSR count). The fourth-order valence-corrected chi connectivity index (χ4v) is 2.64. The Bertz CT molecular complexity index is 931. The molecule has 0 radical (unpaired) electrons. The number of hydrogen-bond acceptors (Lipinski definition) is 5. The molecule has 0 amide bonds. The predicted octanol–water partition coefficient (Wildman–Crippen LogP) is 5.54. The van der Waals surface area contributed by atoms with Crippen LogP contribution in [0.25, 0.3) is 0 Å². The molecule has 5 nitrogen and oxygen atoms in total. The van der Waals surface area contributed by atoms with Crippen LogP contribution < -0.4 is 15.9 Å². The summed E-state index contributed by atoms with van der Waals surface area (Å²) in [5, 5.41) is 4.56. The van der Waals surface area contributed by atoms with Crippen molar-refractivity contribution in [3.8, 4) is 0 Å². The van der Waals surface area contributed by atoms with E-state index in [-0.39, 0.29) is 6.29 Å². The molecule has 1 aliphatic rings. The second kappa shape index (κ2) is 11.0. The van der Waals surface area contributed by atoms with Crippen LogP contribution >= 0.6 is 0 Å². The normalized spacial score (nSPS) is 12.4. The van der Waals surface area contributed by atoms with Crippen LogP contribution in [-0.2, 0) is 4.94 Å². The van der Waals surface area contributed by atoms with E-state index in [1.54, 1.807) is 12.1 Å². The third kappa shape index (κ3) is 5.60. The van der Waals surface area contributed by atoms with Crippen molar-refractivity contribution in [2.45, 2.75) is 12.8 Å². The quantitative estimate of drug-likeness (QED) is 0.265. The maximum Gasteiger partial charge on any atom is 0.171 e. The van der Waals surface area contributed by atoms with Crippen LogP contribution in [0.15, 0.2) is 54.3 Å². The largest absolute Gasteiger partial charge is 0.359 e. The number of aldehydes is 1. The second-order valence-corrected chi connectivity index (χ2v) is 6.08. The lowest BCUT2D eigenvalue weighted by Crippen LogP contribution is -2.23. The lowest BCUT2D eigenvalue weighted by atomic mass is 10.1. The molecule has 2 N–H and O–H groups in total. The van der Waals surface area contributed by atoms with Gasteiger partial charge in [0, 0.05) is 24.5 Å². The van der Waals surface area contributed by atoms with Crippen LogP contribution in [-0.4, -0.2) is 20.5 Å². The predicted molar refractivity (Wildman–Crippen MR) is 108 cm³/mol. The third-order valence-electron chi connectivity index (χ3n) is 4.16. The summed E-state index contributed by atoms with van der Waals surface area (Å²) >= 11 is 0. The standard InChI is InChI=1S/C20H18F3N3O2.CH3F/c1-26(28-25-20-16(12-27)19(23)17(21)11-18(20)22)15-9-7-14(8-10-15)24-13-5-3-2-4-6-13;1-2/h2-3,5,7-12,24-25H,4,6H2,1H3;1H3. The lowest BCUT2D eigenvalue weighted by Gasteiger charge is -2.20. The van der Waals surface area contributed by atoms with Crippen molar-refractivity contribution >= 4 is 23.3 Å². The van der Waals surface area contributed by atoms with Crippen molar-refractivity contribution in [2.75, 3.05) is 30.1 Å². The molecule has 2 aromatic carbocycles. The highest BCUT2D eigenvalue weighted by molar-refractivity contribution is 5.84. The van der Waals surface area contributed by atoms with Gasteiger partial charge in [0.2, 0.25) is 0 Å². The van der Waals surface area contributed by atoms with Crippen molar-refractivity contribution in [1.82, 2.24) is 0 Å². The summed E-state index contributed by atoms with van der Waals surface area (Å²) in [4.78, 5) is 16.1. The maximum absolute atomic E-state index is 13.9. The number of nitrogens with zero attached hydrogens (tertiary/aromatic N) is 1. The Morgan fingerprint density at radius 1 is 1.10 bits per heavy atom. The number of allylic oxidation sites excluding steroid dienone is 4. The molecule has 2 aromatic rings. The molecule has 160 valence electrons. The van der Waals surface area contributed by atoms with Crippen LogP contribution in [0.3, 0.4) is 0 Å². The Hall–Kier alpha value is -3.33. The monoisotopic (exact) mass is 423 g/mol. The number of hydroxylamine groups is 1. The van der Waals surface area contributed by atoms with Gasteiger partial charge in [-0.05, 0) is 43.2 Å². The van der Waals surface area contributed by atoms with Gasteiger partial charge in [-0.3, -0.25) is 9.18 Å². The summed E-state index contributed by atoms with van der Waals surface area (Å²) in [7, 11) is 2.03. The van der Waals surface area contributed by atoms with Gasteiger partial charge in [-0.2, -0.15) is 4.94 Å². The molecule has 0 aliphatic heterocycles. The highest BCUT2D eigenvalue weighted by Gasteiger charge is 2.19. The summed E-state index contributed by atoms with van der Waals surface area (Å²) in [5.41, 5.74) is 3.38. The van der Waals surface area contributed by atoms with Gasteiger partial charge in [0.05, 0.1) is 18.4 Å². The molecule has 0 heterocycles. The summed E-state index contributed by atoms with van der Waals surface area (Å²) in [6, 6.07) is 7.52. The van der Waals surface area contributed by atoms with E-state index in [0.717, 1.165) is 24.2 Å². The number of nitrogens with one attached hydrogen (secondary N) is 2. The minimum Gasteiger partial charge on any atom is -0.359 e. The Kier molecular flexibility index (Phi) is 8.42. The molecule has 0 bridgehead atoms. The van der Waals surface area contributed by atoms with E-state index >= 15 is 0 Å². The first kappa shape index (κ1) is 23.0. The van der Waals surface area contributed by atoms with E-state index < -0.39 is 28.7 Å². The van der Waals surface area contributed by atoms with Crippen molar-refractivity contribution in [3.05, 3.63) is 77.3 Å². The van der Waals surface area contributed by atoms with E-state index in [1.165, 1.54) is 12.1 Å². The first-order valence-corrected chi connectivity index (χ1v) is 8.89. The molecule has 30 heavy (non-hydrogen) atoms. The van der Waals surface area contributed by atoms with Crippen LogP contribution in [0, 0.1) is 17.5 Å². The minimum absolute atomic E-state index is 0.0167. The number of halogens is 4. The van der Waals surface area contributed by atoms with Crippen molar-refractivity contribution in [2.24, 2.45) is 0 Å². The molecular formula is C21H21F4N3O2. The summed E-state index contributed by atoms with van der Waals surface area (Å²) in [5.74, 6) is -4.05. The van der Waals surface area contributed by atoms with Crippen LogP contribution in [0.1, 0.15) is 23.2 Å². The highest BCUT2D eigenvalue weighted by atomic mass is 19.2. The first-order chi connectivity index (χ1) is 14.5. The fourth-order valence-electron chi connectivity index (χ4n) is 2.64. The molecule has 0 saturated heterocycles. The Balaban J connectivity index is 0.00000155. The van der Waals surface area contributed by atoms with E-state index in [1.807, 2.05) is 24.3 Å². The zero-order chi connectivity index (χ0) is 22.1. The molecule has 0 unspecified atom stereocenters. The van der Waals surface area contributed by atoms with Crippen molar-refractivity contribution in [1.29, 1.82) is 0 Å². The summed E-state index contributed by atoms with van der Waals surface area (Å²) in [6.07, 6.45) is 8.05. The van der Waals surface area contributed by atoms with Gasteiger partial charge in [0.15, 0.2) is 23.7 Å².